The zero-order chi connectivity index (χ0) is 18.9. The number of ether oxygens (including phenoxy) is 2. The lowest BCUT2D eigenvalue weighted by Crippen LogP contribution is -2.41. The first-order chi connectivity index (χ1) is 13.2. The van der Waals surface area contributed by atoms with Gasteiger partial charge in [-0.3, -0.25) is 4.79 Å². The maximum absolute atomic E-state index is 12.2. The zero-order valence-electron chi connectivity index (χ0n) is 16.6. The van der Waals surface area contributed by atoms with E-state index in [-0.39, 0.29) is 12.0 Å². The summed E-state index contributed by atoms with van der Waals surface area (Å²) in [4.78, 5) is 14.8. The van der Waals surface area contributed by atoms with E-state index in [1.165, 1.54) is 38.6 Å². The van der Waals surface area contributed by atoms with Crippen LogP contribution in [0.3, 0.4) is 0 Å². The second-order valence-electron chi connectivity index (χ2n) is 7.90. The van der Waals surface area contributed by atoms with Crippen LogP contribution in [0.2, 0.25) is 0 Å². The van der Waals surface area contributed by atoms with Gasteiger partial charge in [0.2, 0.25) is 0 Å². The summed E-state index contributed by atoms with van der Waals surface area (Å²) in [5.74, 6) is 1.62. The summed E-state index contributed by atoms with van der Waals surface area (Å²) in [5.41, 5.74) is 0.637. The van der Waals surface area contributed by atoms with Crippen LogP contribution in [0, 0.1) is 5.92 Å². The van der Waals surface area contributed by atoms with Crippen molar-refractivity contribution in [2.45, 2.75) is 51.0 Å². The molecule has 2 fully saturated rings. The number of likely N-dealkylation sites (tertiary alicyclic amines) is 1. The van der Waals surface area contributed by atoms with E-state index in [4.69, 9.17) is 9.47 Å². The minimum absolute atomic E-state index is 0.0835. The van der Waals surface area contributed by atoms with Crippen molar-refractivity contribution in [3.8, 4) is 5.75 Å². The van der Waals surface area contributed by atoms with Crippen molar-refractivity contribution in [3.05, 3.63) is 29.8 Å². The number of carbonyl (C=O) groups is 1. The van der Waals surface area contributed by atoms with Crippen molar-refractivity contribution in [2.24, 2.45) is 5.92 Å². The van der Waals surface area contributed by atoms with Gasteiger partial charge in [-0.1, -0.05) is 25.3 Å². The van der Waals surface area contributed by atoms with Crippen molar-refractivity contribution in [2.75, 3.05) is 39.9 Å². The number of piperidine rings is 1. The third-order valence-electron chi connectivity index (χ3n) is 5.77. The number of benzene rings is 1. The van der Waals surface area contributed by atoms with Gasteiger partial charge >= 0.3 is 0 Å². The number of nitrogens with one attached hydrogen (secondary N) is 1. The SMILES string of the molecule is COCCNC(=O)c1cccc(OC2CCN(CC3CCCCC3)CC2)c1. The van der Waals surface area contributed by atoms with Gasteiger partial charge in [-0.15, -0.1) is 0 Å². The number of nitrogens with zero attached hydrogens (tertiary/aromatic N) is 1. The highest BCUT2D eigenvalue weighted by Gasteiger charge is 2.23. The van der Waals surface area contributed by atoms with Crippen LogP contribution in [0.5, 0.6) is 5.75 Å². The highest BCUT2D eigenvalue weighted by Crippen LogP contribution is 2.26. The predicted octanol–water partition coefficient (Wildman–Crippen LogP) is 3.49. The molecule has 0 spiro atoms. The number of amides is 1. The number of carbonyl (C=O) groups excluding carboxylic acids is 1. The van der Waals surface area contributed by atoms with Crippen LogP contribution < -0.4 is 10.1 Å². The first kappa shape index (κ1) is 20.2. The van der Waals surface area contributed by atoms with Gasteiger partial charge in [-0.25, -0.2) is 0 Å². The largest absolute Gasteiger partial charge is 0.490 e. The minimum Gasteiger partial charge on any atom is -0.490 e. The zero-order valence-corrected chi connectivity index (χ0v) is 16.6. The summed E-state index contributed by atoms with van der Waals surface area (Å²) >= 11 is 0. The third-order valence-corrected chi connectivity index (χ3v) is 5.77. The molecule has 0 atom stereocenters. The third kappa shape index (κ3) is 6.51. The maximum atomic E-state index is 12.2. The number of hydrogen-bond acceptors (Lipinski definition) is 4. The van der Waals surface area contributed by atoms with E-state index in [0.29, 0.717) is 18.7 Å². The molecule has 3 rings (SSSR count). The summed E-state index contributed by atoms with van der Waals surface area (Å²) in [6.45, 7) is 4.54. The standard InChI is InChI=1S/C22H34N2O3/c1-26-15-12-23-22(25)19-8-5-9-21(16-19)27-20-10-13-24(14-11-20)17-18-6-3-2-4-7-18/h5,8-9,16,18,20H,2-4,6-7,10-15,17H2,1H3,(H,23,25). The van der Waals surface area contributed by atoms with Gasteiger partial charge in [0.05, 0.1) is 6.61 Å². The van der Waals surface area contributed by atoms with E-state index in [9.17, 15) is 4.79 Å². The molecule has 1 aromatic rings. The Bertz CT molecular complexity index is 579. The summed E-state index contributed by atoms with van der Waals surface area (Å²) < 4.78 is 11.1. The Balaban J connectivity index is 1.43. The van der Waals surface area contributed by atoms with E-state index in [2.05, 4.69) is 10.2 Å². The molecule has 1 amide bonds. The van der Waals surface area contributed by atoms with Gasteiger partial charge in [0.1, 0.15) is 11.9 Å². The average Bonchev–Trinajstić information content (AvgIpc) is 2.71. The molecule has 0 unspecified atom stereocenters. The molecule has 2 aliphatic rings. The van der Waals surface area contributed by atoms with Crippen LogP contribution >= 0.6 is 0 Å². The lowest BCUT2D eigenvalue weighted by atomic mass is 9.88. The van der Waals surface area contributed by atoms with Gasteiger partial charge in [0.25, 0.3) is 5.91 Å². The quantitative estimate of drug-likeness (QED) is 0.708. The van der Waals surface area contributed by atoms with Crippen molar-refractivity contribution in [1.82, 2.24) is 10.2 Å². The van der Waals surface area contributed by atoms with Crippen molar-refractivity contribution in [1.29, 1.82) is 0 Å². The van der Waals surface area contributed by atoms with E-state index in [1.807, 2.05) is 24.3 Å². The Morgan fingerprint density at radius 1 is 1.15 bits per heavy atom. The summed E-state index contributed by atoms with van der Waals surface area (Å²) in [6, 6.07) is 7.50. The maximum Gasteiger partial charge on any atom is 0.251 e. The molecular weight excluding hydrogens is 340 g/mol. The van der Waals surface area contributed by atoms with Gasteiger partial charge in [0.15, 0.2) is 0 Å². The molecule has 27 heavy (non-hydrogen) atoms. The second kappa shape index (κ2) is 10.7. The molecule has 0 bridgehead atoms. The topological polar surface area (TPSA) is 50.8 Å². The summed E-state index contributed by atoms with van der Waals surface area (Å²) in [6.07, 6.45) is 9.47. The van der Waals surface area contributed by atoms with Gasteiger partial charge in [-0.2, -0.15) is 0 Å². The van der Waals surface area contributed by atoms with Crippen LogP contribution in [0.4, 0.5) is 0 Å². The van der Waals surface area contributed by atoms with Crippen molar-refractivity contribution >= 4 is 5.91 Å². The summed E-state index contributed by atoms with van der Waals surface area (Å²) in [7, 11) is 1.63. The molecule has 1 aliphatic carbocycles. The number of hydrogen-bond donors (Lipinski definition) is 1. The first-order valence-electron chi connectivity index (χ1n) is 10.5. The fourth-order valence-corrected chi connectivity index (χ4v) is 4.22. The predicted molar refractivity (Wildman–Crippen MR) is 107 cm³/mol. The molecule has 1 saturated heterocycles. The molecule has 0 aromatic heterocycles. The fraction of sp³-hybridized carbons (Fsp3) is 0.682. The number of rotatable bonds is 8. The lowest BCUT2D eigenvalue weighted by molar-refractivity contribution is 0.0858. The lowest BCUT2D eigenvalue weighted by Gasteiger charge is -2.35. The highest BCUT2D eigenvalue weighted by molar-refractivity contribution is 5.94. The Kier molecular flexibility index (Phi) is 7.96. The van der Waals surface area contributed by atoms with Gasteiger partial charge in [-0.05, 0) is 49.8 Å². The molecule has 5 heteroatoms. The van der Waals surface area contributed by atoms with Crippen LogP contribution in [0.15, 0.2) is 24.3 Å². The fourth-order valence-electron chi connectivity index (χ4n) is 4.22. The van der Waals surface area contributed by atoms with E-state index < -0.39 is 0 Å². The summed E-state index contributed by atoms with van der Waals surface area (Å²) in [5, 5.41) is 2.85. The molecule has 1 aromatic carbocycles. The normalized spacial score (nSPS) is 19.7. The van der Waals surface area contributed by atoms with Gasteiger partial charge in [0, 0.05) is 38.9 Å². The molecular formula is C22H34N2O3. The Morgan fingerprint density at radius 2 is 1.93 bits per heavy atom. The first-order valence-corrected chi connectivity index (χ1v) is 10.5. The van der Waals surface area contributed by atoms with Crippen LogP contribution in [0.1, 0.15) is 55.3 Å². The second-order valence-corrected chi connectivity index (χ2v) is 7.90. The molecule has 1 aliphatic heterocycles. The Morgan fingerprint density at radius 3 is 2.67 bits per heavy atom. The minimum atomic E-state index is -0.0835. The van der Waals surface area contributed by atoms with Crippen molar-refractivity contribution in [3.63, 3.8) is 0 Å². The molecule has 150 valence electrons. The van der Waals surface area contributed by atoms with E-state index in [1.54, 1.807) is 7.11 Å². The van der Waals surface area contributed by atoms with E-state index >= 15 is 0 Å². The molecule has 0 radical (unpaired) electrons. The van der Waals surface area contributed by atoms with Crippen LogP contribution in [-0.2, 0) is 4.74 Å². The number of methoxy groups -OCH3 is 1. The smallest absolute Gasteiger partial charge is 0.251 e. The Labute approximate surface area is 163 Å². The van der Waals surface area contributed by atoms with Crippen molar-refractivity contribution < 1.29 is 14.3 Å². The molecule has 1 heterocycles. The van der Waals surface area contributed by atoms with Crippen LogP contribution in [-0.4, -0.2) is 56.8 Å². The van der Waals surface area contributed by atoms with E-state index in [0.717, 1.165) is 37.6 Å². The monoisotopic (exact) mass is 374 g/mol. The molecule has 5 nitrogen and oxygen atoms in total. The van der Waals surface area contributed by atoms with Crippen LogP contribution in [0.25, 0.3) is 0 Å². The average molecular weight is 375 g/mol. The molecule has 1 N–H and O–H groups in total. The Hall–Kier alpha value is -1.59. The highest BCUT2D eigenvalue weighted by atomic mass is 16.5. The van der Waals surface area contributed by atoms with Gasteiger partial charge < -0.3 is 19.7 Å². The molecule has 1 saturated carbocycles.